The van der Waals surface area contributed by atoms with Crippen LogP contribution < -0.4 is 0 Å². The molecule has 22 heavy (non-hydrogen) atoms. The summed E-state index contributed by atoms with van der Waals surface area (Å²) in [6, 6.07) is 0. The molecule has 0 aliphatic rings. The molecule has 0 saturated heterocycles. The third-order valence-corrected chi connectivity index (χ3v) is 10.7. The van der Waals surface area contributed by atoms with Gasteiger partial charge in [-0.2, -0.15) is 8.42 Å². The number of ketones is 1. The molecule has 0 aromatic carbocycles. The molecule has 0 aliphatic heterocycles. The molecule has 0 unspecified atom stereocenters. The second kappa shape index (κ2) is 9.93. The second-order valence-corrected chi connectivity index (χ2v) is 12.4. The number of carbonyl (C=O) groups excluding carboxylic acids is 1. The summed E-state index contributed by atoms with van der Waals surface area (Å²) in [5, 5.41) is 0.184. The van der Waals surface area contributed by atoms with Crippen LogP contribution in [0.5, 0.6) is 0 Å². The molecule has 0 spiro atoms. The van der Waals surface area contributed by atoms with Crippen LogP contribution in [0.2, 0.25) is 0 Å². The lowest BCUT2D eigenvalue weighted by Gasteiger charge is -2.40. The number of unbranched alkanes of at least 4 members (excludes halogenated alkanes) is 2. The third-order valence-electron chi connectivity index (χ3n) is 3.84. The van der Waals surface area contributed by atoms with E-state index in [4.69, 9.17) is 0 Å². The molecule has 1 N–H and O–H groups in total. The van der Waals surface area contributed by atoms with Gasteiger partial charge in [0.1, 0.15) is 11.5 Å². The van der Waals surface area contributed by atoms with E-state index in [-0.39, 0.29) is 22.0 Å². The van der Waals surface area contributed by atoms with Gasteiger partial charge in [0.05, 0.1) is 5.75 Å². The number of hydrogen-bond donors (Lipinski definition) is 0. The van der Waals surface area contributed by atoms with Crippen molar-refractivity contribution in [2.45, 2.75) is 84.1 Å². The van der Waals surface area contributed by atoms with E-state index < -0.39 is 20.4 Å². The van der Waals surface area contributed by atoms with Crippen molar-refractivity contribution in [2.24, 2.45) is 0 Å². The molecule has 0 fully saturated rings. The summed E-state index contributed by atoms with van der Waals surface area (Å²) < 4.78 is 29.1. The largest absolute Gasteiger partial charge is 0.390 e. The first-order valence-corrected chi connectivity index (χ1v) is 11.9. The minimum absolute atomic E-state index is 0.0921. The molecule has 0 aromatic heterocycles. The van der Waals surface area contributed by atoms with Crippen molar-refractivity contribution in [3.8, 4) is 0 Å². The van der Waals surface area contributed by atoms with Gasteiger partial charge in [0.15, 0.2) is 0 Å². The van der Waals surface area contributed by atoms with Gasteiger partial charge < -0.3 is 0 Å². The Hall–Kier alpha value is -0.0700. The van der Waals surface area contributed by atoms with Gasteiger partial charge in [-0.25, -0.2) is 0 Å². The van der Waals surface area contributed by atoms with Gasteiger partial charge in [-0.05, 0) is 50.8 Å². The van der Waals surface area contributed by atoms with Crippen LogP contribution >= 0.6 is 10.3 Å². The van der Waals surface area contributed by atoms with Gasteiger partial charge in [0.25, 0.3) is 0 Å². The minimum atomic E-state index is -3.45. The molecule has 0 saturated carbocycles. The Morgan fingerprint density at radius 2 is 1.45 bits per heavy atom. The number of hydrogen-bond acceptors (Lipinski definition) is 3. The van der Waals surface area contributed by atoms with Crippen LogP contribution in [0.3, 0.4) is 0 Å². The van der Waals surface area contributed by atoms with Crippen molar-refractivity contribution in [3.05, 3.63) is 0 Å². The van der Waals surface area contributed by atoms with Gasteiger partial charge in [-0.15, -0.1) is 0 Å². The monoisotopic (exact) mass is 355 g/mol. The quantitative estimate of drug-likeness (QED) is 0.382. The Labute approximate surface area is 139 Å². The number of Topliss-reactive ketones (excluding diaryl/α,β-unsaturated/α-hetero) is 1. The van der Waals surface area contributed by atoms with Gasteiger partial charge in [-0.1, -0.05) is 26.7 Å². The topological polar surface area (TPSA) is 64.0 Å². The van der Waals surface area contributed by atoms with Crippen LogP contribution in [0.1, 0.15) is 73.6 Å². The first-order chi connectivity index (χ1) is 10.1. The van der Waals surface area contributed by atoms with Crippen molar-refractivity contribution < 1.29 is 16.8 Å². The van der Waals surface area contributed by atoms with E-state index in [9.17, 15) is 13.2 Å². The number of rotatable bonds is 12. The highest BCUT2D eigenvalue weighted by molar-refractivity contribution is 8.33. The first kappa shape index (κ1) is 21.9. The van der Waals surface area contributed by atoms with Crippen molar-refractivity contribution >= 4 is 26.2 Å². The molecule has 0 aromatic rings. The van der Waals surface area contributed by atoms with Crippen LogP contribution in [-0.2, 0) is 14.9 Å². The predicted octanol–water partition coefficient (Wildman–Crippen LogP) is 4.51. The molecule has 0 aliphatic carbocycles. The standard InChI is InChI=1S/C16H34O4S2/c1-7-9-11-16(17)13-21(14(3)4,15(5)6)20-22(18,19)12-10-8-2/h14-15H,7-13H2,1-6H3/p+1. The molecular weight excluding hydrogens is 320 g/mol. The zero-order valence-electron chi connectivity index (χ0n) is 15.1. The SMILES string of the molecule is CCCCC(=O)CS([OH+]S(=O)(=O)CCCC)(C(C)C)C(C)C. The summed E-state index contributed by atoms with van der Waals surface area (Å²) in [6.07, 6.45) is 3.84. The van der Waals surface area contributed by atoms with E-state index in [0.717, 1.165) is 19.3 Å². The summed E-state index contributed by atoms with van der Waals surface area (Å²) in [6.45, 7) is 12.0. The van der Waals surface area contributed by atoms with Crippen molar-refractivity contribution in [1.29, 1.82) is 0 Å². The van der Waals surface area contributed by atoms with Crippen LogP contribution in [0.25, 0.3) is 0 Å². The molecule has 0 bridgehead atoms. The Morgan fingerprint density at radius 3 is 1.86 bits per heavy atom. The highest BCUT2D eigenvalue weighted by Gasteiger charge is 2.43. The fourth-order valence-corrected chi connectivity index (χ4v) is 9.00. The Morgan fingerprint density at radius 1 is 0.955 bits per heavy atom. The van der Waals surface area contributed by atoms with Gasteiger partial charge >= 0.3 is 10.1 Å². The molecule has 0 atom stereocenters. The van der Waals surface area contributed by atoms with E-state index >= 15 is 0 Å². The lowest BCUT2D eigenvalue weighted by Crippen LogP contribution is -2.35. The highest BCUT2D eigenvalue weighted by atomic mass is 32.3. The average Bonchev–Trinajstić information content (AvgIpc) is 2.41. The molecule has 0 rings (SSSR count). The lowest BCUT2D eigenvalue weighted by atomic mass is 10.2. The second-order valence-electron chi connectivity index (χ2n) is 6.41. The molecule has 6 heteroatoms. The van der Waals surface area contributed by atoms with Crippen LogP contribution in [0, 0.1) is 0 Å². The van der Waals surface area contributed by atoms with Crippen LogP contribution in [0.15, 0.2) is 0 Å². The summed E-state index contributed by atoms with van der Waals surface area (Å²) in [7, 11) is -5.31. The normalized spacial score (nSPS) is 13.8. The van der Waals surface area contributed by atoms with Crippen LogP contribution in [0.4, 0.5) is 0 Å². The van der Waals surface area contributed by atoms with E-state index in [1.54, 1.807) is 0 Å². The fraction of sp³-hybridized carbons (Fsp3) is 0.938. The van der Waals surface area contributed by atoms with E-state index in [1.807, 2.05) is 34.6 Å². The van der Waals surface area contributed by atoms with Crippen LogP contribution in [-0.4, -0.2) is 39.8 Å². The summed E-state index contributed by atoms with van der Waals surface area (Å²) in [5.74, 6) is 0.572. The Bertz CT molecular complexity index is 419. The van der Waals surface area contributed by atoms with Gasteiger partial charge in [0, 0.05) is 16.9 Å². The molecule has 0 radical (unpaired) electrons. The number of carbonyl (C=O) groups is 1. The molecule has 134 valence electrons. The lowest BCUT2D eigenvalue weighted by molar-refractivity contribution is -0.116. The minimum Gasteiger partial charge on any atom is -0.299 e. The van der Waals surface area contributed by atoms with Crippen molar-refractivity contribution in [1.82, 2.24) is 0 Å². The molecular formula is C16H35O4S2+. The molecule has 0 heterocycles. The molecule has 0 amide bonds. The highest BCUT2D eigenvalue weighted by Crippen LogP contribution is 2.56. The van der Waals surface area contributed by atoms with E-state index in [0.29, 0.717) is 18.6 Å². The summed E-state index contributed by atoms with van der Waals surface area (Å²) >= 11 is 0. The maximum Gasteiger partial charge on any atom is 0.390 e. The predicted molar refractivity (Wildman–Crippen MR) is 98.6 cm³/mol. The average molecular weight is 356 g/mol. The summed E-state index contributed by atoms with van der Waals surface area (Å²) in [5.41, 5.74) is 0. The zero-order valence-corrected chi connectivity index (χ0v) is 16.7. The smallest absolute Gasteiger partial charge is 0.299 e. The fourth-order valence-electron chi connectivity index (χ4n) is 2.36. The summed E-state index contributed by atoms with van der Waals surface area (Å²) in [4.78, 5) is 12.3. The first-order valence-electron chi connectivity index (χ1n) is 8.38. The van der Waals surface area contributed by atoms with E-state index in [1.165, 1.54) is 0 Å². The van der Waals surface area contributed by atoms with Gasteiger partial charge in [0.2, 0.25) is 0 Å². The Balaban J connectivity index is 5.30. The maximum absolute atomic E-state index is 12.4. The maximum atomic E-state index is 12.4. The van der Waals surface area contributed by atoms with Crippen molar-refractivity contribution in [2.75, 3.05) is 11.5 Å². The third kappa shape index (κ3) is 7.01. The van der Waals surface area contributed by atoms with Gasteiger partial charge in [-0.3, -0.25) is 8.42 Å². The zero-order chi connectivity index (χ0) is 17.4. The van der Waals surface area contributed by atoms with Crippen molar-refractivity contribution in [3.63, 3.8) is 0 Å². The molecule has 4 nitrogen and oxygen atoms in total. The van der Waals surface area contributed by atoms with E-state index in [2.05, 4.69) is 10.6 Å². The Kier molecular flexibility index (Phi) is 9.90.